The van der Waals surface area contributed by atoms with E-state index in [2.05, 4.69) is 169 Å². The van der Waals surface area contributed by atoms with Crippen LogP contribution in [-0.4, -0.2) is 4.57 Å². The summed E-state index contributed by atoms with van der Waals surface area (Å²) in [5.41, 5.74) is 15.2. The molecule has 0 radical (unpaired) electrons. The highest BCUT2D eigenvalue weighted by Crippen LogP contribution is 2.48. The van der Waals surface area contributed by atoms with Crippen molar-refractivity contribution in [2.24, 2.45) is 0 Å². The van der Waals surface area contributed by atoms with E-state index in [-0.39, 0.29) is 0 Å². The Bertz CT molecular complexity index is 2740. The van der Waals surface area contributed by atoms with Gasteiger partial charge in [-0.15, -0.1) is 11.3 Å². The number of benzene rings is 7. The summed E-state index contributed by atoms with van der Waals surface area (Å²) < 4.78 is 5.09. The molecule has 0 bridgehead atoms. The zero-order valence-corrected chi connectivity index (χ0v) is 26.7. The number of para-hydroxylation sites is 1. The van der Waals surface area contributed by atoms with Gasteiger partial charge in [0, 0.05) is 36.6 Å². The molecule has 1 aliphatic carbocycles. The Morgan fingerprint density at radius 2 is 1.06 bits per heavy atom. The van der Waals surface area contributed by atoms with Crippen molar-refractivity contribution in [1.29, 1.82) is 0 Å². The molecule has 2 aromatic heterocycles. The van der Waals surface area contributed by atoms with Gasteiger partial charge in [0.2, 0.25) is 0 Å². The van der Waals surface area contributed by atoms with Crippen LogP contribution >= 0.6 is 11.3 Å². The molecule has 0 N–H and O–H groups in total. The average molecular weight is 616 g/mol. The standard InChI is InChI=1S/C45H29NS/c1-2-32-34-10-3-4-11-35(34)38-15-9-14-33(45(32)38)28-18-22-31(23-19-28)46-41-16-7-5-12-36(41)39-26-29(20-24-42(39)46)30-21-25-44-40(27-30)37-13-6-8-17-43(37)47-44/h2-27H,1H3/b32-2-. The smallest absolute Gasteiger partial charge is 0.0541 e. The summed E-state index contributed by atoms with van der Waals surface area (Å²) in [6, 6.07) is 56.0. The van der Waals surface area contributed by atoms with Gasteiger partial charge in [0.25, 0.3) is 0 Å². The van der Waals surface area contributed by atoms with Gasteiger partial charge in [-0.1, -0.05) is 109 Å². The third kappa shape index (κ3) is 3.89. The number of fused-ring (bicyclic) bond motifs is 9. The van der Waals surface area contributed by atoms with Crippen molar-refractivity contribution >= 4 is 58.9 Å². The van der Waals surface area contributed by atoms with Crippen LogP contribution in [0.15, 0.2) is 158 Å². The number of hydrogen-bond acceptors (Lipinski definition) is 1. The zero-order chi connectivity index (χ0) is 31.1. The summed E-state index contributed by atoms with van der Waals surface area (Å²) >= 11 is 1.87. The van der Waals surface area contributed by atoms with Crippen LogP contribution in [0.3, 0.4) is 0 Å². The van der Waals surface area contributed by atoms with E-state index < -0.39 is 0 Å². The molecule has 0 unspecified atom stereocenters. The fourth-order valence-corrected chi connectivity index (χ4v) is 8.91. The maximum absolute atomic E-state index is 2.41. The first kappa shape index (κ1) is 26.5. The second-order valence-corrected chi connectivity index (χ2v) is 13.5. The Labute approximate surface area is 277 Å². The predicted octanol–water partition coefficient (Wildman–Crippen LogP) is 12.9. The van der Waals surface area contributed by atoms with E-state index >= 15 is 0 Å². The number of allylic oxidation sites excluding steroid dienone is 1. The van der Waals surface area contributed by atoms with Crippen molar-refractivity contribution < 1.29 is 0 Å². The molecular weight excluding hydrogens is 587 g/mol. The van der Waals surface area contributed by atoms with Crippen LogP contribution in [0, 0.1) is 0 Å². The lowest BCUT2D eigenvalue weighted by Gasteiger charge is -2.13. The van der Waals surface area contributed by atoms with Crippen LogP contribution in [0.2, 0.25) is 0 Å². The molecule has 0 atom stereocenters. The second-order valence-electron chi connectivity index (χ2n) is 12.4. The Morgan fingerprint density at radius 3 is 1.91 bits per heavy atom. The van der Waals surface area contributed by atoms with Gasteiger partial charge < -0.3 is 4.57 Å². The van der Waals surface area contributed by atoms with Crippen LogP contribution in [0.4, 0.5) is 0 Å². The molecule has 10 rings (SSSR count). The number of thiophene rings is 1. The largest absolute Gasteiger partial charge is 0.309 e. The molecule has 1 nitrogen and oxygen atoms in total. The van der Waals surface area contributed by atoms with Gasteiger partial charge >= 0.3 is 0 Å². The number of nitrogens with zero attached hydrogens (tertiary/aromatic N) is 1. The number of hydrogen-bond donors (Lipinski definition) is 0. The highest BCUT2D eigenvalue weighted by molar-refractivity contribution is 7.25. The SMILES string of the molecule is C/C=C1/c2ccccc2-c2cccc(-c3ccc(-n4c5ccccc5c5cc(-c6ccc7sc8ccccc8c7c6)ccc54)cc3)c21. The van der Waals surface area contributed by atoms with Gasteiger partial charge in [-0.05, 0) is 106 Å². The maximum Gasteiger partial charge on any atom is 0.0541 e. The maximum atomic E-state index is 2.41. The van der Waals surface area contributed by atoms with E-state index in [4.69, 9.17) is 0 Å². The molecule has 0 aliphatic heterocycles. The van der Waals surface area contributed by atoms with E-state index in [1.165, 1.54) is 97.7 Å². The molecule has 47 heavy (non-hydrogen) atoms. The topological polar surface area (TPSA) is 4.93 Å². The van der Waals surface area contributed by atoms with Gasteiger partial charge in [-0.3, -0.25) is 0 Å². The van der Waals surface area contributed by atoms with Crippen LogP contribution in [-0.2, 0) is 0 Å². The summed E-state index contributed by atoms with van der Waals surface area (Å²) in [5, 5.41) is 5.21. The molecule has 1 aliphatic rings. The molecule has 0 saturated heterocycles. The quantitative estimate of drug-likeness (QED) is 0.186. The Morgan fingerprint density at radius 1 is 0.447 bits per heavy atom. The summed E-state index contributed by atoms with van der Waals surface area (Å²) in [6.45, 7) is 2.15. The summed E-state index contributed by atoms with van der Waals surface area (Å²) in [5.74, 6) is 0. The van der Waals surface area contributed by atoms with Crippen molar-refractivity contribution in [3.05, 3.63) is 169 Å². The van der Waals surface area contributed by atoms with Crippen LogP contribution < -0.4 is 0 Å². The molecule has 7 aromatic carbocycles. The van der Waals surface area contributed by atoms with Crippen LogP contribution in [0.5, 0.6) is 0 Å². The molecule has 220 valence electrons. The monoisotopic (exact) mass is 615 g/mol. The average Bonchev–Trinajstić information content (AvgIpc) is 3.78. The van der Waals surface area contributed by atoms with Gasteiger partial charge in [-0.2, -0.15) is 0 Å². The van der Waals surface area contributed by atoms with Gasteiger partial charge in [-0.25, -0.2) is 0 Å². The first-order valence-corrected chi connectivity index (χ1v) is 17.0. The molecule has 0 saturated carbocycles. The number of rotatable bonds is 3. The van der Waals surface area contributed by atoms with Crippen LogP contribution in [0.25, 0.3) is 86.6 Å². The molecule has 9 aromatic rings. The van der Waals surface area contributed by atoms with Crippen molar-refractivity contribution in [1.82, 2.24) is 4.57 Å². The Balaban J connectivity index is 1.09. The van der Waals surface area contributed by atoms with Crippen molar-refractivity contribution in [2.75, 3.05) is 0 Å². The lowest BCUT2D eigenvalue weighted by atomic mass is 9.93. The van der Waals surface area contributed by atoms with Gasteiger partial charge in [0.15, 0.2) is 0 Å². The molecule has 0 fully saturated rings. The normalized spacial score (nSPS) is 13.3. The lowest BCUT2D eigenvalue weighted by molar-refractivity contribution is 1.18. The van der Waals surface area contributed by atoms with E-state index in [0.29, 0.717) is 0 Å². The Hall–Kier alpha value is -5.70. The van der Waals surface area contributed by atoms with Crippen molar-refractivity contribution in [3.63, 3.8) is 0 Å². The van der Waals surface area contributed by atoms with Crippen LogP contribution in [0.1, 0.15) is 18.1 Å². The first-order chi connectivity index (χ1) is 23.3. The second kappa shape index (κ2) is 10.2. The summed E-state index contributed by atoms with van der Waals surface area (Å²) in [6.07, 6.45) is 2.26. The minimum atomic E-state index is 1.17. The fourth-order valence-electron chi connectivity index (χ4n) is 7.82. The third-order valence-corrected chi connectivity index (χ3v) is 11.1. The lowest BCUT2D eigenvalue weighted by Crippen LogP contribution is -1.94. The fraction of sp³-hybridized carbons (Fsp3) is 0.0222. The first-order valence-electron chi connectivity index (χ1n) is 16.2. The molecule has 0 spiro atoms. The minimum Gasteiger partial charge on any atom is -0.309 e. The predicted molar refractivity (Wildman–Crippen MR) is 203 cm³/mol. The minimum absolute atomic E-state index is 1.17. The van der Waals surface area contributed by atoms with E-state index in [1.807, 2.05) is 11.3 Å². The highest BCUT2D eigenvalue weighted by atomic mass is 32.1. The number of aromatic nitrogens is 1. The Kier molecular flexibility index (Phi) is 5.73. The van der Waals surface area contributed by atoms with Crippen molar-refractivity contribution in [3.8, 4) is 39.1 Å². The summed E-state index contributed by atoms with van der Waals surface area (Å²) in [4.78, 5) is 0. The zero-order valence-electron chi connectivity index (χ0n) is 25.9. The molecule has 2 heteroatoms. The molecule has 2 heterocycles. The van der Waals surface area contributed by atoms with Crippen molar-refractivity contribution in [2.45, 2.75) is 6.92 Å². The molecule has 0 amide bonds. The van der Waals surface area contributed by atoms with Gasteiger partial charge in [0.05, 0.1) is 11.0 Å². The van der Waals surface area contributed by atoms with E-state index in [1.54, 1.807) is 0 Å². The summed E-state index contributed by atoms with van der Waals surface area (Å²) in [7, 11) is 0. The molecular formula is C45H29NS. The van der Waals surface area contributed by atoms with E-state index in [9.17, 15) is 0 Å². The third-order valence-electron chi connectivity index (χ3n) is 9.95. The van der Waals surface area contributed by atoms with Gasteiger partial charge in [0.1, 0.15) is 0 Å². The van der Waals surface area contributed by atoms with E-state index in [0.717, 1.165) is 0 Å². The highest BCUT2D eigenvalue weighted by Gasteiger charge is 2.25.